The lowest BCUT2D eigenvalue weighted by Gasteiger charge is -1.92. The van der Waals surface area contributed by atoms with E-state index in [1.54, 1.807) is 0 Å². The molecule has 0 saturated carbocycles. The molecule has 0 aromatic carbocycles. The van der Waals surface area contributed by atoms with Gasteiger partial charge in [-0.15, -0.1) is 0 Å². The van der Waals surface area contributed by atoms with Crippen LogP contribution < -0.4 is 0 Å². The van der Waals surface area contributed by atoms with Crippen molar-refractivity contribution in [3.05, 3.63) is 0 Å². The predicted molar refractivity (Wildman–Crippen MR) is 32.0 cm³/mol. The van der Waals surface area contributed by atoms with Gasteiger partial charge in [-0.3, -0.25) is 4.21 Å². The van der Waals surface area contributed by atoms with Gasteiger partial charge in [-0.2, -0.15) is 0 Å². The predicted octanol–water partition coefficient (Wildman–Crippen LogP) is -1.28. The Morgan fingerprint density at radius 1 is 1.12 bits per heavy atom. The molecule has 0 aromatic heterocycles. The van der Waals surface area contributed by atoms with E-state index in [1.165, 1.54) is 0 Å². The Morgan fingerprint density at radius 3 is 1.75 bits per heavy atom. The fourth-order valence-corrected chi connectivity index (χ4v) is 0.917. The molecular formula is C4H10O3S. The number of rotatable bonds is 4. The fraction of sp³-hybridized carbons (Fsp3) is 1.00. The lowest BCUT2D eigenvalue weighted by atomic mass is 11.8. The van der Waals surface area contributed by atoms with E-state index in [-0.39, 0.29) is 24.7 Å². The van der Waals surface area contributed by atoms with Crippen molar-refractivity contribution in [3.8, 4) is 0 Å². The van der Waals surface area contributed by atoms with E-state index in [0.29, 0.717) is 0 Å². The summed E-state index contributed by atoms with van der Waals surface area (Å²) in [5.74, 6) is 0.557. The average Bonchev–Trinajstić information content (AvgIpc) is 1.68. The standard InChI is InChI=1S/C4H10O3S/c5-1-3-8(7)4-2-6/h5-6H,1-4H2/i1+1,2+1,3+1,4+1. The largest absolute Gasteiger partial charge is 0.395 e. The number of aliphatic hydroxyl groups excluding tert-OH is 2. The monoisotopic (exact) mass is 142 g/mol. The summed E-state index contributed by atoms with van der Waals surface area (Å²) >= 11 is 0. The molecule has 0 unspecified atom stereocenters. The second-order valence-electron chi connectivity index (χ2n) is 1.30. The molecule has 2 N–H and O–H groups in total. The summed E-state index contributed by atoms with van der Waals surface area (Å²) in [5, 5.41) is 16.4. The van der Waals surface area contributed by atoms with E-state index in [1.807, 2.05) is 0 Å². The molecule has 0 rings (SSSR count). The van der Waals surface area contributed by atoms with Gasteiger partial charge in [-0.05, 0) is 0 Å². The number of aliphatic hydroxyl groups is 2. The minimum Gasteiger partial charge on any atom is -0.395 e. The minimum atomic E-state index is -1.02. The van der Waals surface area contributed by atoms with Crippen LogP contribution in [0.2, 0.25) is 0 Å². The first-order chi connectivity index (χ1) is 3.81. The van der Waals surface area contributed by atoms with Gasteiger partial charge in [0.1, 0.15) is 0 Å². The molecule has 3 nitrogen and oxygen atoms in total. The molecule has 0 spiro atoms. The molecule has 0 heterocycles. The molecule has 0 atom stereocenters. The maximum atomic E-state index is 10.4. The average molecular weight is 142 g/mol. The zero-order chi connectivity index (χ0) is 6.41. The summed E-state index contributed by atoms with van der Waals surface area (Å²) in [6, 6.07) is 0. The molecule has 8 heavy (non-hydrogen) atoms. The Hall–Kier alpha value is 0.0700. The van der Waals surface area contributed by atoms with Gasteiger partial charge in [-0.25, -0.2) is 0 Å². The second kappa shape index (κ2) is 5.21. The topological polar surface area (TPSA) is 57.5 Å². The third-order valence-corrected chi connectivity index (χ3v) is 1.91. The van der Waals surface area contributed by atoms with E-state index in [4.69, 9.17) is 10.2 Å². The Kier molecular flexibility index (Phi) is 5.26. The SMILES string of the molecule is O=S([13CH2][13CH2]O)[13CH2][13CH2]O. The van der Waals surface area contributed by atoms with E-state index in [0.717, 1.165) is 0 Å². The van der Waals surface area contributed by atoms with Gasteiger partial charge in [0, 0.05) is 22.3 Å². The van der Waals surface area contributed by atoms with Gasteiger partial charge in [0.05, 0.1) is 13.2 Å². The van der Waals surface area contributed by atoms with Crippen LogP contribution in [-0.2, 0) is 10.8 Å². The summed E-state index contributed by atoms with van der Waals surface area (Å²) in [6.07, 6.45) is 0. The Labute approximate surface area is 50.8 Å². The third kappa shape index (κ3) is 4.23. The molecule has 0 amide bonds. The molecule has 0 aromatic rings. The molecule has 50 valence electrons. The molecule has 0 bridgehead atoms. The first kappa shape index (κ1) is 8.07. The van der Waals surface area contributed by atoms with Crippen molar-refractivity contribution >= 4 is 10.8 Å². The zero-order valence-corrected chi connectivity index (χ0v) is 5.36. The van der Waals surface area contributed by atoms with Crippen molar-refractivity contribution in [3.63, 3.8) is 0 Å². The van der Waals surface area contributed by atoms with Gasteiger partial charge in [0.2, 0.25) is 0 Å². The highest BCUT2D eigenvalue weighted by Gasteiger charge is 1.93. The van der Waals surface area contributed by atoms with Crippen LogP contribution in [0.1, 0.15) is 0 Å². The van der Waals surface area contributed by atoms with Crippen molar-refractivity contribution in [1.29, 1.82) is 0 Å². The quantitative estimate of drug-likeness (QED) is 0.481. The summed E-state index contributed by atoms with van der Waals surface area (Å²) in [5.41, 5.74) is 0. The first-order valence-electron chi connectivity index (χ1n) is 2.38. The molecule has 4 heteroatoms. The molecule has 0 aliphatic heterocycles. The zero-order valence-electron chi connectivity index (χ0n) is 4.54. The van der Waals surface area contributed by atoms with Gasteiger partial charge in [-0.1, -0.05) is 0 Å². The fourth-order valence-electron chi connectivity index (χ4n) is 0.306. The maximum Gasteiger partial charge on any atom is 0.0546 e. The van der Waals surface area contributed by atoms with Crippen molar-refractivity contribution in [2.24, 2.45) is 0 Å². The first-order valence-corrected chi connectivity index (χ1v) is 3.86. The van der Waals surface area contributed by atoms with E-state index in [9.17, 15) is 4.21 Å². The Bertz CT molecular complexity index is 65.7. The lowest BCUT2D eigenvalue weighted by molar-refractivity contribution is 0.315. The molecule has 0 saturated heterocycles. The second-order valence-corrected chi connectivity index (χ2v) is 2.99. The highest BCUT2D eigenvalue weighted by molar-refractivity contribution is 7.85. The van der Waals surface area contributed by atoms with Crippen LogP contribution in [0, 0.1) is 0 Å². The van der Waals surface area contributed by atoms with Gasteiger partial charge in [0.15, 0.2) is 0 Å². The van der Waals surface area contributed by atoms with Crippen LogP contribution in [0.25, 0.3) is 0 Å². The van der Waals surface area contributed by atoms with Crippen molar-refractivity contribution in [2.45, 2.75) is 0 Å². The van der Waals surface area contributed by atoms with Crippen LogP contribution in [0.5, 0.6) is 0 Å². The number of hydrogen-bond donors (Lipinski definition) is 2. The summed E-state index contributed by atoms with van der Waals surface area (Å²) < 4.78 is 10.4. The smallest absolute Gasteiger partial charge is 0.0546 e. The maximum absolute atomic E-state index is 10.4. The highest BCUT2D eigenvalue weighted by atomic mass is 32.2. The van der Waals surface area contributed by atoms with Crippen LogP contribution in [0.3, 0.4) is 0 Å². The highest BCUT2D eigenvalue weighted by Crippen LogP contribution is 1.77. The minimum absolute atomic E-state index is 0.0629. The van der Waals surface area contributed by atoms with E-state index >= 15 is 0 Å². The Balaban J connectivity index is 3.06. The van der Waals surface area contributed by atoms with Crippen LogP contribution in [0.4, 0.5) is 0 Å². The van der Waals surface area contributed by atoms with Crippen LogP contribution in [-0.4, -0.2) is 39.1 Å². The van der Waals surface area contributed by atoms with Crippen LogP contribution in [0.15, 0.2) is 0 Å². The molecule has 0 aliphatic carbocycles. The van der Waals surface area contributed by atoms with E-state index < -0.39 is 10.8 Å². The van der Waals surface area contributed by atoms with Gasteiger partial charge >= 0.3 is 0 Å². The normalized spacial score (nSPS) is 10.4. The Morgan fingerprint density at radius 2 is 1.50 bits per heavy atom. The molecular weight excluding hydrogens is 132 g/mol. The third-order valence-electron chi connectivity index (χ3n) is 0.638. The van der Waals surface area contributed by atoms with Crippen molar-refractivity contribution in [1.82, 2.24) is 0 Å². The number of hydrogen-bond acceptors (Lipinski definition) is 3. The van der Waals surface area contributed by atoms with Crippen molar-refractivity contribution < 1.29 is 14.4 Å². The summed E-state index contributed by atoms with van der Waals surface area (Å²) in [7, 11) is -1.02. The summed E-state index contributed by atoms with van der Waals surface area (Å²) in [4.78, 5) is 0. The molecule has 0 fully saturated rings. The summed E-state index contributed by atoms with van der Waals surface area (Å²) in [6.45, 7) is -0.126. The lowest BCUT2D eigenvalue weighted by Crippen LogP contribution is -2.08. The van der Waals surface area contributed by atoms with Crippen molar-refractivity contribution in [2.75, 3.05) is 24.7 Å². The molecule has 0 radical (unpaired) electrons. The van der Waals surface area contributed by atoms with Gasteiger partial charge in [0.25, 0.3) is 0 Å². The molecule has 0 aliphatic rings. The van der Waals surface area contributed by atoms with E-state index in [2.05, 4.69) is 0 Å². The van der Waals surface area contributed by atoms with Gasteiger partial charge < -0.3 is 10.2 Å². The van der Waals surface area contributed by atoms with Crippen LogP contribution >= 0.6 is 0 Å².